The van der Waals surface area contributed by atoms with Gasteiger partial charge in [-0.2, -0.15) is 5.10 Å². The van der Waals surface area contributed by atoms with Crippen LogP contribution in [0.15, 0.2) is 82.3 Å². The fraction of sp³-hybridized carbons (Fsp3) is 0.0833. The molecule has 0 bridgehead atoms. The average Bonchev–Trinajstić information content (AvgIpc) is 3.40. The molecule has 0 unspecified atom stereocenters. The van der Waals surface area contributed by atoms with Gasteiger partial charge in [-0.3, -0.25) is 14.9 Å². The maximum absolute atomic E-state index is 12.5. The summed E-state index contributed by atoms with van der Waals surface area (Å²) in [6, 6.07) is 20.9. The number of carbonyl (C=O) groups excluding carboxylic acids is 1. The number of hydrogen-bond acceptors (Lipinski definition) is 5. The van der Waals surface area contributed by atoms with Crippen LogP contribution in [0.25, 0.3) is 17.0 Å². The number of nitrogens with one attached hydrogen (secondary N) is 1. The number of furan rings is 1. The minimum Gasteiger partial charge on any atom is -0.455 e. The van der Waals surface area contributed by atoms with Crippen LogP contribution in [-0.2, 0) is 0 Å². The van der Waals surface area contributed by atoms with Crippen molar-refractivity contribution in [3.05, 3.63) is 106 Å². The highest BCUT2D eigenvalue weighted by Crippen LogP contribution is 2.25. The quantitative estimate of drug-likeness (QED) is 0.264. The molecule has 0 spiro atoms. The molecular weight excluding hydrogens is 408 g/mol. The van der Waals surface area contributed by atoms with E-state index in [2.05, 4.69) is 15.1 Å². The highest BCUT2D eigenvalue weighted by molar-refractivity contribution is 5.95. The molecule has 8 nitrogen and oxygen atoms in total. The van der Waals surface area contributed by atoms with E-state index in [9.17, 15) is 14.9 Å². The third-order valence-electron chi connectivity index (χ3n) is 4.96. The topological polar surface area (TPSA) is 103 Å². The lowest BCUT2D eigenvalue weighted by atomic mass is 10.1. The van der Waals surface area contributed by atoms with Gasteiger partial charge in [-0.1, -0.05) is 18.2 Å². The summed E-state index contributed by atoms with van der Waals surface area (Å²) in [5, 5.41) is 14.9. The molecule has 0 fully saturated rings. The maximum atomic E-state index is 12.5. The molecule has 4 aromatic rings. The molecule has 0 saturated carbocycles. The number of hydrogen-bond donors (Lipinski definition) is 1. The van der Waals surface area contributed by atoms with Crippen molar-refractivity contribution in [1.82, 2.24) is 9.99 Å². The monoisotopic (exact) mass is 428 g/mol. The molecular formula is C24H20N4O4. The van der Waals surface area contributed by atoms with Gasteiger partial charge in [0.25, 0.3) is 11.6 Å². The number of aryl methyl sites for hydroxylation is 2. The molecule has 32 heavy (non-hydrogen) atoms. The number of non-ortho nitro benzene ring substituents is 1. The Morgan fingerprint density at radius 2 is 1.78 bits per heavy atom. The molecule has 2 aromatic carbocycles. The number of benzene rings is 2. The summed E-state index contributed by atoms with van der Waals surface area (Å²) in [5.74, 6) is 0.516. The van der Waals surface area contributed by atoms with Gasteiger partial charge in [0.05, 0.1) is 11.1 Å². The molecule has 0 atom stereocenters. The second-order valence-corrected chi connectivity index (χ2v) is 7.21. The van der Waals surface area contributed by atoms with Gasteiger partial charge >= 0.3 is 0 Å². The zero-order valence-corrected chi connectivity index (χ0v) is 17.5. The highest BCUT2D eigenvalue weighted by Gasteiger charge is 2.11. The van der Waals surface area contributed by atoms with Crippen molar-refractivity contribution in [2.45, 2.75) is 13.8 Å². The summed E-state index contributed by atoms with van der Waals surface area (Å²) in [5.41, 5.74) is 6.59. The van der Waals surface area contributed by atoms with Gasteiger partial charge in [-0.25, -0.2) is 5.43 Å². The summed E-state index contributed by atoms with van der Waals surface area (Å²) in [6.45, 7) is 4.02. The van der Waals surface area contributed by atoms with E-state index in [0.717, 1.165) is 17.1 Å². The first-order valence-electron chi connectivity index (χ1n) is 9.86. The fourth-order valence-corrected chi connectivity index (χ4v) is 3.43. The van der Waals surface area contributed by atoms with Crippen LogP contribution in [0.2, 0.25) is 0 Å². The van der Waals surface area contributed by atoms with E-state index in [0.29, 0.717) is 22.6 Å². The summed E-state index contributed by atoms with van der Waals surface area (Å²) in [7, 11) is 0. The maximum Gasteiger partial charge on any atom is 0.271 e. The van der Waals surface area contributed by atoms with E-state index in [1.807, 2.05) is 38.1 Å². The molecule has 0 aliphatic heterocycles. The van der Waals surface area contributed by atoms with E-state index >= 15 is 0 Å². The van der Waals surface area contributed by atoms with Crippen LogP contribution in [0, 0.1) is 24.0 Å². The number of hydrazone groups is 1. The van der Waals surface area contributed by atoms with Gasteiger partial charge in [-0.05, 0) is 56.3 Å². The van der Waals surface area contributed by atoms with E-state index in [1.54, 1.807) is 36.4 Å². The molecule has 0 aliphatic rings. The largest absolute Gasteiger partial charge is 0.455 e. The lowest BCUT2D eigenvalue weighted by molar-refractivity contribution is -0.384. The SMILES string of the molecule is Cc1ccc(C)n1-c1cccc(C(=O)NN=Cc2ccc(-c3cccc([N+](=O)[O-])c3)o2)c1. The predicted octanol–water partition coefficient (Wildman–Crippen LogP) is 5.03. The Kier molecular flexibility index (Phi) is 5.67. The Labute approximate surface area is 184 Å². The van der Waals surface area contributed by atoms with Crippen LogP contribution in [-0.4, -0.2) is 21.6 Å². The van der Waals surface area contributed by atoms with Crippen molar-refractivity contribution in [2.24, 2.45) is 5.10 Å². The zero-order chi connectivity index (χ0) is 22.7. The number of nitro benzene ring substituents is 1. The van der Waals surface area contributed by atoms with Gasteiger partial charge in [0.1, 0.15) is 11.5 Å². The van der Waals surface area contributed by atoms with Gasteiger partial charge in [0, 0.05) is 40.3 Å². The van der Waals surface area contributed by atoms with Gasteiger partial charge in [-0.15, -0.1) is 0 Å². The van der Waals surface area contributed by atoms with Crippen LogP contribution in [0.3, 0.4) is 0 Å². The smallest absolute Gasteiger partial charge is 0.271 e. The van der Waals surface area contributed by atoms with Gasteiger partial charge < -0.3 is 8.98 Å². The van der Waals surface area contributed by atoms with E-state index < -0.39 is 4.92 Å². The van der Waals surface area contributed by atoms with E-state index in [-0.39, 0.29) is 11.6 Å². The van der Waals surface area contributed by atoms with Gasteiger partial charge in [0.15, 0.2) is 0 Å². The van der Waals surface area contributed by atoms with E-state index in [1.165, 1.54) is 18.3 Å². The molecule has 160 valence electrons. The van der Waals surface area contributed by atoms with Crippen molar-refractivity contribution in [3.63, 3.8) is 0 Å². The molecule has 2 heterocycles. The minimum atomic E-state index is -0.460. The molecule has 0 saturated heterocycles. The Balaban J connectivity index is 1.45. The predicted molar refractivity (Wildman–Crippen MR) is 121 cm³/mol. The lowest BCUT2D eigenvalue weighted by Crippen LogP contribution is -2.17. The zero-order valence-electron chi connectivity index (χ0n) is 17.5. The Bertz CT molecular complexity index is 1310. The first-order valence-corrected chi connectivity index (χ1v) is 9.86. The minimum absolute atomic E-state index is 0.0195. The number of amides is 1. The number of carbonyl (C=O) groups is 1. The molecule has 2 aromatic heterocycles. The third-order valence-corrected chi connectivity index (χ3v) is 4.96. The third kappa shape index (κ3) is 4.34. The number of nitrogens with zero attached hydrogens (tertiary/aromatic N) is 3. The van der Waals surface area contributed by atoms with Crippen molar-refractivity contribution in [3.8, 4) is 17.0 Å². The molecule has 0 radical (unpaired) electrons. The highest BCUT2D eigenvalue weighted by atomic mass is 16.6. The summed E-state index contributed by atoms with van der Waals surface area (Å²) < 4.78 is 7.73. The lowest BCUT2D eigenvalue weighted by Gasteiger charge is -2.10. The first-order chi connectivity index (χ1) is 15.4. The summed E-state index contributed by atoms with van der Waals surface area (Å²) in [4.78, 5) is 23.0. The van der Waals surface area contributed by atoms with Gasteiger partial charge in [0.2, 0.25) is 0 Å². The summed E-state index contributed by atoms with van der Waals surface area (Å²) >= 11 is 0. The standard InChI is InChI=1S/C24H20N4O4/c1-16-9-10-17(2)27(16)20-7-4-6-19(14-20)24(29)26-25-15-22-11-12-23(32-22)18-5-3-8-21(13-18)28(30)31/h3-15H,1-2H3,(H,26,29). The summed E-state index contributed by atoms with van der Waals surface area (Å²) in [6.07, 6.45) is 1.38. The van der Waals surface area contributed by atoms with Crippen molar-refractivity contribution < 1.29 is 14.1 Å². The van der Waals surface area contributed by atoms with Crippen molar-refractivity contribution >= 4 is 17.8 Å². The molecule has 0 aliphatic carbocycles. The molecule has 8 heteroatoms. The number of rotatable bonds is 6. The molecule has 4 rings (SSSR count). The van der Waals surface area contributed by atoms with Crippen molar-refractivity contribution in [1.29, 1.82) is 0 Å². The van der Waals surface area contributed by atoms with Crippen LogP contribution in [0.5, 0.6) is 0 Å². The normalized spacial score (nSPS) is 11.1. The second-order valence-electron chi connectivity index (χ2n) is 7.21. The van der Waals surface area contributed by atoms with Crippen LogP contribution in [0.4, 0.5) is 5.69 Å². The number of aromatic nitrogens is 1. The van der Waals surface area contributed by atoms with Crippen LogP contribution < -0.4 is 5.43 Å². The van der Waals surface area contributed by atoms with Crippen LogP contribution in [0.1, 0.15) is 27.5 Å². The Morgan fingerprint density at radius 3 is 2.53 bits per heavy atom. The number of nitro groups is 1. The average molecular weight is 428 g/mol. The Hall–Kier alpha value is -4.46. The van der Waals surface area contributed by atoms with Crippen LogP contribution >= 0.6 is 0 Å². The molecule has 1 amide bonds. The fourth-order valence-electron chi connectivity index (χ4n) is 3.43. The van der Waals surface area contributed by atoms with E-state index in [4.69, 9.17) is 4.42 Å². The van der Waals surface area contributed by atoms with Crippen molar-refractivity contribution in [2.75, 3.05) is 0 Å². The first kappa shape index (κ1) is 20.8. The molecule has 1 N–H and O–H groups in total. The Morgan fingerprint density at radius 1 is 1.03 bits per heavy atom. The second kappa shape index (κ2) is 8.73.